The highest BCUT2D eigenvalue weighted by Crippen LogP contribution is 1.97. The molecule has 0 saturated carbocycles. The number of hydrogen-bond donors (Lipinski definition) is 1. The minimum absolute atomic E-state index is 0.873. The second-order valence-corrected chi connectivity index (χ2v) is 3.58. The Kier molecular flexibility index (Phi) is 4.55. The van der Waals surface area contributed by atoms with Crippen molar-refractivity contribution < 1.29 is 0 Å². The fourth-order valence-electron chi connectivity index (χ4n) is 1.35. The Hall–Kier alpha value is -0.940. The van der Waals surface area contributed by atoms with Crippen LogP contribution in [0.1, 0.15) is 12.1 Å². The predicted molar refractivity (Wildman–Crippen MR) is 55.9 cm³/mol. The van der Waals surface area contributed by atoms with Gasteiger partial charge >= 0.3 is 0 Å². The van der Waals surface area contributed by atoms with Crippen LogP contribution in [0, 0.1) is 0 Å². The Bertz CT molecular complexity index is 257. The van der Waals surface area contributed by atoms with Crippen molar-refractivity contribution in [2.75, 3.05) is 27.2 Å². The van der Waals surface area contributed by atoms with Crippen LogP contribution in [0.25, 0.3) is 0 Å². The minimum atomic E-state index is 0.873. The molecule has 0 saturated heterocycles. The monoisotopic (exact) mass is 197 g/mol. The quantitative estimate of drug-likeness (QED) is 0.645. The topological polar surface area (TPSA) is 46.0 Å². The van der Waals surface area contributed by atoms with Crippen molar-refractivity contribution in [3.8, 4) is 0 Å². The van der Waals surface area contributed by atoms with Gasteiger partial charge in [-0.3, -0.25) is 4.68 Å². The fraction of sp³-hybridized carbons (Fsp3) is 0.778. The zero-order chi connectivity index (χ0) is 10.4. The van der Waals surface area contributed by atoms with Gasteiger partial charge in [-0.15, -0.1) is 5.10 Å². The van der Waals surface area contributed by atoms with Gasteiger partial charge in [0.1, 0.15) is 0 Å². The Morgan fingerprint density at radius 3 is 2.93 bits per heavy atom. The van der Waals surface area contributed by atoms with Gasteiger partial charge in [0, 0.05) is 19.8 Å². The van der Waals surface area contributed by atoms with Crippen LogP contribution < -0.4 is 5.32 Å². The van der Waals surface area contributed by atoms with E-state index in [1.165, 1.54) is 0 Å². The zero-order valence-electron chi connectivity index (χ0n) is 9.19. The summed E-state index contributed by atoms with van der Waals surface area (Å²) in [4.78, 5) is 2.25. The first-order chi connectivity index (χ1) is 6.72. The third-order valence-corrected chi connectivity index (χ3v) is 2.05. The molecule has 0 bridgehead atoms. The molecule has 0 radical (unpaired) electrons. The molecule has 0 amide bonds. The highest BCUT2D eigenvalue weighted by molar-refractivity contribution is 4.90. The highest BCUT2D eigenvalue weighted by atomic mass is 15.4. The van der Waals surface area contributed by atoms with E-state index in [4.69, 9.17) is 0 Å². The van der Waals surface area contributed by atoms with Gasteiger partial charge in [0.05, 0.1) is 5.69 Å². The highest BCUT2D eigenvalue weighted by Gasteiger charge is 2.02. The van der Waals surface area contributed by atoms with Crippen molar-refractivity contribution >= 4 is 0 Å². The second kappa shape index (κ2) is 5.72. The first-order valence-corrected chi connectivity index (χ1v) is 4.90. The van der Waals surface area contributed by atoms with E-state index in [-0.39, 0.29) is 0 Å². The van der Waals surface area contributed by atoms with E-state index in [1.54, 1.807) is 4.68 Å². The largest absolute Gasteiger partial charge is 0.320 e. The lowest BCUT2D eigenvalue weighted by Gasteiger charge is -2.14. The van der Waals surface area contributed by atoms with Gasteiger partial charge in [0.15, 0.2) is 0 Å². The molecule has 0 aliphatic heterocycles. The molecule has 1 heterocycles. The summed E-state index contributed by atoms with van der Waals surface area (Å²) in [6.07, 6.45) is 3.11. The summed E-state index contributed by atoms with van der Waals surface area (Å²) in [6, 6.07) is 0. The molecule has 0 fully saturated rings. The first-order valence-electron chi connectivity index (χ1n) is 4.90. The second-order valence-electron chi connectivity index (χ2n) is 3.58. The van der Waals surface area contributed by atoms with Gasteiger partial charge < -0.3 is 10.2 Å². The maximum atomic E-state index is 4.04. The number of hydrogen-bond acceptors (Lipinski definition) is 4. The predicted octanol–water partition coefficient (Wildman–Crippen LogP) is -0.144. The van der Waals surface area contributed by atoms with E-state index in [2.05, 4.69) is 27.6 Å². The molecule has 0 aliphatic rings. The van der Waals surface area contributed by atoms with Crippen molar-refractivity contribution in [3.63, 3.8) is 0 Å². The smallest absolute Gasteiger partial charge is 0.0966 e. The van der Waals surface area contributed by atoms with E-state index in [9.17, 15) is 0 Å². The minimum Gasteiger partial charge on any atom is -0.320 e. The van der Waals surface area contributed by atoms with Crippen LogP contribution in [-0.4, -0.2) is 47.1 Å². The third-order valence-electron chi connectivity index (χ3n) is 2.05. The van der Waals surface area contributed by atoms with E-state index in [0.717, 1.165) is 31.7 Å². The molecule has 0 spiro atoms. The van der Waals surface area contributed by atoms with Crippen LogP contribution in [0.2, 0.25) is 0 Å². The number of nitrogens with zero attached hydrogens (tertiary/aromatic N) is 4. The Morgan fingerprint density at radius 2 is 2.36 bits per heavy atom. The number of rotatable bonds is 6. The molecule has 0 aliphatic carbocycles. The summed E-state index contributed by atoms with van der Waals surface area (Å²) in [5, 5.41) is 11.1. The van der Waals surface area contributed by atoms with Gasteiger partial charge in [-0.25, -0.2) is 0 Å². The summed E-state index contributed by atoms with van der Waals surface area (Å²) >= 11 is 0. The molecule has 80 valence electrons. The molecule has 1 rings (SSSR count). The molecule has 0 aromatic carbocycles. The molecule has 5 nitrogen and oxygen atoms in total. The molecule has 0 unspecified atom stereocenters. The normalized spacial score (nSPS) is 11.1. The summed E-state index contributed by atoms with van der Waals surface area (Å²) < 4.78 is 1.73. The number of nitrogens with one attached hydrogen (secondary N) is 1. The maximum absolute atomic E-state index is 4.04. The van der Waals surface area contributed by atoms with Gasteiger partial charge in [-0.2, -0.15) is 0 Å². The van der Waals surface area contributed by atoms with Crippen LogP contribution in [0.5, 0.6) is 0 Å². The SMILES string of the molecule is CNCCCN(C)Cc1cn(C)nn1. The van der Waals surface area contributed by atoms with Crippen LogP contribution in [0.3, 0.4) is 0 Å². The van der Waals surface area contributed by atoms with Gasteiger partial charge in [-0.1, -0.05) is 5.21 Å². The number of aryl methyl sites for hydroxylation is 1. The molecular weight excluding hydrogens is 178 g/mol. The molecular formula is C9H19N5. The standard InChI is InChI=1S/C9H19N5/c1-10-5-4-6-13(2)7-9-8-14(3)12-11-9/h8,10H,4-7H2,1-3H3. The fourth-order valence-corrected chi connectivity index (χ4v) is 1.35. The Balaban J connectivity index is 2.23. The first kappa shape index (κ1) is 11.1. The maximum Gasteiger partial charge on any atom is 0.0966 e. The summed E-state index contributed by atoms with van der Waals surface area (Å²) in [5.74, 6) is 0. The van der Waals surface area contributed by atoms with Crippen LogP contribution in [0.4, 0.5) is 0 Å². The van der Waals surface area contributed by atoms with Crippen LogP contribution in [-0.2, 0) is 13.6 Å². The molecule has 1 N–H and O–H groups in total. The van der Waals surface area contributed by atoms with Crippen molar-refractivity contribution in [2.24, 2.45) is 7.05 Å². The lowest BCUT2D eigenvalue weighted by molar-refractivity contribution is 0.317. The van der Waals surface area contributed by atoms with Crippen molar-refractivity contribution in [1.29, 1.82) is 0 Å². The number of aromatic nitrogens is 3. The van der Waals surface area contributed by atoms with Crippen molar-refractivity contribution in [3.05, 3.63) is 11.9 Å². The zero-order valence-corrected chi connectivity index (χ0v) is 9.19. The van der Waals surface area contributed by atoms with Gasteiger partial charge in [0.2, 0.25) is 0 Å². The van der Waals surface area contributed by atoms with E-state index in [1.807, 2.05) is 20.3 Å². The van der Waals surface area contributed by atoms with Crippen LogP contribution >= 0.6 is 0 Å². The third kappa shape index (κ3) is 3.85. The lowest BCUT2D eigenvalue weighted by Crippen LogP contribution is -2.22. The Morgan fingerprint density at radius 1 is 1.57 bits per heavy atom. The summed E-state index contributed by atoms with van der Waals surface area (Å²) in [6.45, 7) is 3.01. The summed E-state index contributed by atoms with van der Waals surface area (Å²) in [7, 11) is 5.96. The average Bonchev–Trinajstić information content (AvgIpc) is 2.52. The van der Waals surface area contributed by atoms with E-state index >= 15 is 0 Å². The van der Waals surface area contributed by atoms with Crippen molar-refractivity contribution in [1.82, 2.24) is 25.2 Å². The van der Waals surface area contributed by atoms with Crippen molar-refractivity contribution in [2.45, 2.75) is 13.0 Å². The molecule has 0 atom stereocenters. The molecule has 1 aromatic rings. The van der Waals surface area contributed by atoms with Gasteiger partial charge in [-0.05, 0) is 33.6 Å². The molecule has 14 heavy (non-hydrogen) atoms. The van der Waals surface area contributed by atoms with E-state index < -0.39 is 0 Å². The lowest BCUT2D eigenvalue weighted by atomic mass is 10.3. The van der Waals surface area contributed by atoms with Gasteiger partial charge in [0.25, 0.3) is 0 Å². The summed E-state index contributed by atoms with van der Waals surface area (Å²) in [5.41, 5.74) is 1.03. The van der Waals surface area contributed by atoms with Crippen LogP contribution in [0.15, 0.2) is 6.20 Å². The molecule has 5 heteroatoms. The molecule has 1 aromatic heterocycles. The Labute approximate surface area is 85.1 Å². The average molecular weight is 197 g/mol. The van der Waals surface area contributed by atoms with E-state index in [0.29, 0.717) is 0 Å².